The van der Waals surface area contributed by atoms with Crippen LogP contribution < -0.4 is 33.6 Å². The van der Waals surface area contributed by atoms with Crippen molar-refractivity contribution in [3.8, 4) is 0 Å². The maximum absolute atomic E-state index is 11.5. The van der Waals surface area contributed by atoms with Crippen LogP contribution in [0.15, 0.2) is 12.5 Å². The Labute approximate surface area is 279 Å². The van der Waals surface area contributed by atoms with Crippen LogP contribution in [0.3, 0.4) is 0 Å². The molecule has 0 saturated carbocycles. The molecule has 1 aromatic heterocycles. The zero-order valence-electron chi connectivity index (χ0n) is 24.4. The van der Waals surface area contributed by atoms with Crippen LogP contribution in [-0.4, -0.2) is 131 Å². The van der Waals surface area contributed by atoms with Crippen LogP contribution in [0.1, 0.15) is 25.0 Å². The van der Waals surface area contributed by atoms with Crippen LogP contribution in [0.2, 0.25) is 0 Å². The Morgan fingerprint density at radius 1 is 0.761 bits per heavy atom. The second kappa shape index (κ2) is 27.7. The minimum absolute atomic E-state index is 0.0256. The van der Waals surface area contributed by atoms with Gasteiger partial charge >= 0.3 is 29.8 Å². The fourth-order valence-electron chi connectivity index (χ4n) is 2.22. The molecule has 0 fully saturated rings. The average molecular weight is 719 g/mol. The van der Waals surface area contributed by atoms with E-state index in [1.54, 1.807) is 6.20 Å². The predicted octanol–water partition coefficient (Wildman–Crippen LogP) is -3.80. The highest BCUT2D eigenvalue weighted by Gasteiger charge is 2.21. The average Bonchev–Trinajstić information content (AvgIpc) is 3.50. The molecular weight excluding hydrogens is 676 g/mol. The molecule has 20 nitrogen and oxygen atoms in total. The summed E-state index contributed by atoms with van der Waals surface area (Å²) in [5, 5.41) is 46.0. The van der Waals surface area contributed by atoms with Crippen molar-refractivity contribution in [2.45, 2.75) is 55.9 Å². The van der Waals surface area contributed by atoms with Crippen molar-refractivity contribution in [3.63, 3.8) is 0 Å². The van der Waals surface area contributed by atoms with E-state index < -0.39 is 78.4 Å². The molecule has 2 amide bonds. The molecule has 0 radical (unpaired) electrons. The Morgan fingerprint density at radius 3 is 1.59 bits per heavy atom. The number of H-pyrrole nitrogens is 1. The largest absolute Gasteiger partial charge is 0.480 e. The van der Waals surface area contributed by atoms with Gasteiger partial charge in [-0.15, -0.1) is 0 Å². The van der Waals surface area contributed by atoms with Gasteiger partial charge in [-0.2, -0.15) is 37.9 Å². The Kier molecular flexibility index (Phi) is 28.2. The second-order valence-electron chi connectivity index (χ2n) is 8.71. The number of carboxylic acids is 5. The fraction of sp³-hybridized carbons (Fsp3) is 0.565. The molecule has 1 rings (SSSR count). The number of imidazole rings is 1. The summed E-state index contributed by atoms with van der Waals surface area (Å²) in [6.45, 7) is -0.567. The smallest absolute Gasteiger partial charge is 0.322 e. The van der Waals surface area contributed by atoms with Gasteiger partial charge in [-0.1, -0.05) is 0 Å². The van der Waals surface area contributed by atoms with Gasteiger partial charge in [0.25, 0.3) is 0 Å². The zero-order chi connectivity index (χ0) is 36.4. The zero-order valence-corrected chi connectivity index (χ0v) is 27.1. The summed E-state index contributed by atoms with van der Waals surface area (Å²) in [5.41, 5.74) is 21.2. The lowest BCUT2D eigenvalue weighted by Crippen LogP contribution is -2.49. The fourth-order valence-corrected chi connectivity index (χ4v) is 2.91. The summed E-state index contributed by atoms with van der Waals surface area (Å²) in [4.78, 5) is 80.2. The predicted molar refractivity (Wildman–Crippen MR) is 173 cm³/mol. The number of carbonyl (C=O) groups is 7. The van der Waals surface area contributed by atoms with Crippen LogP contribution >= 0.6 is 37.9 Å². The number of amides is 2. The molecule has 264 valence electrons. The van der Waals surface area contributed by atoms with Gasteiger partial charge in [0.05, 0.1) is 6.33 Å². The molecule has 0 aliphatic rings. The first-order valence-corrected chi connectivity index (χ1v) is 14.8. The van der Waals surface area contributed by atoms with Gasteiger partial charge in [0, 0.05) is 36.2 Å². The van der Waals surface area contributed by atoms with Crippen molar-refractivity contribution in [1.29, 1.82) is 0 Å². The van der Waals surface area contributed by atoms with E-state index in [9.17, 15) is 33.6 Å². The third-order valence-electron chi connectivity index (χ3n) is 4.83. The summed E-state index contributed by atoms with van der Waals surface area (Å²) >= 11 is 11.3. The molecular formula is C23H42N8O12S3. The molecule has 23 heteroatoms. The van der Waals surface area contributed by atoms with Gasteiger partial charge in [-0.05, 0) is 18.6 Å². The Hall–Kier alpha value is -3.61. The molecule has 0 bridgehead atoms. The van der Waals surface area contributed by atoms with E-state index >= 15 is 0 Å². The highest BCUT2D eigenvalue weighted by Crippen LogP contribution is 1.98. The molecule has 0 aliphatic heterocycles. The van der Waals surface area contributed by atoms with E-state index in [4.69, 9.17) is 48.5 Å². The summed E-state index contributed by atoms with van der Waals surface area (Å²) in [7, 11) is 0. The quantitative estimate of drug-likeness (QED) is 0.0687. The van der Waals surface area contributed by atoms with Crippen LogP contribution in [0.4, 0.5) is 0 Å². The lowest BCUT2D eigenvalue weighted by molar-refractivity contribution is -0.139. The van der Waals surface area contributed by atoms with Crippen molar-refractivity contribution in [2.75, 3.05) is 23.8 Å². The molecule has 0 unspecified atom stereocenters. The number of hydrogen-bond donors (Lipinski definition) is 15. The molecule has 1 heterocycles. The first-order valence-electron chi connectivity index (χ1n) is 12.9. The number of thiol groups is 3. The van der Waals surface area contributed by atoms with Gasteiger partial charge in [-0.25, -0.2) is 4.98 Å². The maximum atomic E-state index is 11.5. The summed E-state index contributed by atoms with van der Waals surface area (Å²) in [6, 6.07) is -4.56. The number of aliphatic carboxylic acids is 5. The molecule has 46 heavy (non-hydrogen) atoms. The van der Waals surface area contributed by atoms with Gasteiger partial charge in [0.1, 0.15) is 36.8 Å². The third kappa shape index (κ3) is 26.8. The van der Waals surface area contributed by atoms with Crippen LogP contribution in [-0.2, 0) is 40.0 Å². The number of carboxylic acid groups (broad SMARTS) is 5. The maximum Gasteiger partial charge on any atom is 0.322 e. The van der Waals surface area contributed by atoms with Crippen molar-refractivity contribution in [2.24, 2.45) is 22.9 Å². The SMILES string of the molecule is N[C@@H](CCC(=O)N[C@@H](CS)C(=O)NCC(=O)O)C(=O)O.N[C@@H](CCS)C(=O)O.N[C@@H](CS)C(=O)O.N[C@@H](Cc1cnc[nH]1)C(=O)O. The van der Waals surface area contributed by atoms with Gasteiger partial charge in [0.15, 0.2) is 0 Å². The first kappa shape index (κ1) is 46.8. The number of carbonyl (C=O) groups excluding carboxylic acids is 2. The lowest BCUT2D eigenvalue weighted by atomic mass is 10.1. The minimum atomic E-state index is -1.22. The molecule has 0 spiro atoms. The number of nitrogens with one attached hydrogen (secondary N) is 3. The van der Waals surface area contributed by atoms with Gasteiger partial charge in [-0.3, -0.25) is 33.6 Å². The number of hydrogen-bond acceptors (Lipinski definition) is 15. The van der Waals surface area contributed by atoms with Gasteiger partial charge < -0.3 is 64.1 Å². The molecule has 1 aromatic rings. The monoisotopic (exact) mass is 718 g/mol. The van der Waals surface area contributed by atoms with E-state index in [2.05, 4.69) is 58.5 Å². The van der Waals surface area contributed by atoms with Crippen molar-refractivity contribution < 1.29 is 59.1 Å². The van der Waals surface area contributed by atoms with Gasteiger partial charge in [0.2, 0.25) is 11.8 Å². The first-order chi connectivity index (χ1) is 21.3. The highest BCUT2D eigenvalue weighted by molar-refractivity contribution is 7.80. The normalized spacial score (nSPS) is 13.1. The number of rotatable bonds is 17. The third-order valence-corrected chi connectivity index (χ3v) is 5.85. The van der Waals surface area contributed by atoms with Crippen LogP contribution in [0.5, 0.6) is 0 Å². The minimum Gasteiger partial charge on any atom is -0.480 e. The van der Waals surface area contributed by atoms with Crippen molar-refractivity contribution >= 4 is 79.5 Å². The molecule has 16 N–H and O–H groups in total. The Bertz CT molecular complexity index is 1080. The van der Waals surface area contributed by atoms with E-state index in [-0.39, 0.29) is 30.8 Å². The van der Waals surface area contributed by atoms with Crippen LogP contribution in [0, 0.1) is 0 Å². The molecule has 0 aromatic carbocycles. The summed E-state index contributed by atoms with van der Waals surface area (Å²) < 4.78 is 0. The van der Waals surface area contributed by atoms with E-state index in [1.165, 1.54) is 6.33 Å². The number of nitrogens with two attached hydrogens (primary N) is 4. The lowest BCUT2D eigenvalue weighted by Gasteiger charge is -2.16. The van der Waals surface area contributed by atoms with Crippen molar-refractivity contribution in [1.82, 2.24) is 20.6 Å². The highest BCUT2D eigenvalue weighted by atomic mass is 32.1. The van der Waals surface area contributed by atoms with E-state index in [1.807, 2.05) is 0 Å². The number of aromatic nitrogens is 2. The summed E-state index contributed by atoms with van der Waals surface area (Å²) in [5.74, 6) is -5.96. The van der Waals surface area contributed by atoms with E-state index in [0.29, 0.717) is 12.2 Å². The Morgan fingerprint density at radius 2 is 1.26 bits per heavy atom. The number of aromatic amines is 1. The molecule has 5 atom stereocenters. The molecule has 0 saturated heterocycles. The van der Waals surface area contributed by atoms with Crippen LogP contribution in [0.25, 0.3) is 0 Å². The molecule has 0 aliphatic carbocycles. The topological polar surface area (TPSA) is 377 Å². The second-order valence-corrected chi connectivity index (χ2v) is 9.89. The Balaban J connectivity index is -0.000000595. The number of nitrogens with zero attached hydrogens (tertiary/aromatic N) is 1. The summed E-state index contributed by atoms with van der Waals surface area (Å²) in [6.07, 6.45) is 3.53. The van der Waals surface area contributed by atoms with E-state index in [0.717, 1.165) is 5.69 Å². The van der Waals surface area contributed by atoms with Crippen molar-refractivity contribution in [3.05, 3.63) is 18.2 Å². The standard InChI is InChI=1S/C10H17N3O6S.C6H9N3O2.C4H9NO2S.C3H7NO2S/c11-5(10(18)19)1-2-7(14)13-6(4-20)9(17)12-3-8(15)16;7-5(6(10)11)1-4-2-8-3-9-4;5-3(1-2-8)4(6)7;4-2(1-7)3(5)6/h5-6,20H,1-4,11H2,(H,12,17)(H,13,14)(H,15,16)(H,18,19);2-3,5H,1,7H2,(H,8,9)(H,10,11);3,8H,1-2,5H2,(H,6,7);2,7H,1,4H2,(H,5,6)/t5-,6-;5-;3-;2-/m0000/s1.